The summed E-state index contributed by atoms with van der Waals surface area (Å²) in [7, 11) is 0. The molecule has 2 fully saturated rings. The summed E-state index contributed by atoms with van der Waals surface area (Å²) in [4.78, 5) is 23.6. The number of aromatic nitrogens is 3. The van der Waals surface area contributed by atoms with E-state index < -0.39 is 0 Å². The van der Waals surface area contributed by atoms with Crippen molar-refractivity contribution >= 4 is 5.91 Å². The van der Waals surface area contributed by atoms with Gasteiger partial charge in [-0.05, 0) is 44.7 Å². The minimum Gasteiger partial charge on any atom is -0.342 e. The van der Waals surface area contributed by atoms with E-state index in [0.29, 0.717) is 11.9 Å². The first-order valence-corrected chi connectivity index (χ1v) is 9.47. The molecule has 3 heterocycles. The third kappa shape index (κ3) is 3.20. The predicted octanol–water partition coefficient (Wildman–Crippen LogP) is 3.61. The van der Waals surface area contributed by atoms with Crippen molar-refractivity contribution in [1.82, 2.24) is 19.4 Å². The monoisotopic (exact) mass is 338 g/mol. The first-order chi connectivity index (χ1) is 12.2. The van der Waals surface area contributed by atoms with Crippen LogP contribution in [0.15, 0.2) is 30.7 Å². The summed E-state index contributed by atoms with van der Waals surface area (Å²) in [5.74, 6) is 1.68. The molecule has 25 heavy (non-hydrogen) atoms. The highest BCUT2D eigenvalue weighted by Crippen LogP contribution is 2.32. The van der Waals surface area contributed by atoms with Crippen LogP contribution in [0.5, 0.6) is 0 Å². The van der Waals surface area contributed by atoms with Crippen LogP contribution in [0, 0.1) is 12.8 Å². The number of pyridine rings is 1. The van der Waals surface area contributed by atoms with Gasteiger partial charge in [0.2, 0.25) is 5.91 Å². The molecule has 4 rings (SSSR count). The zero-order valence-electron chi connectivity index (χ0n) is 14.9. The van der Waals surface area contributed by atoms with Crippen LogP contribution in [-0.4, -0.2) is 38.4 Å². The molecule has 1 aliphatic heterocycles. The largest absolute Gasteiger partial charge is 0.342 e. The number of nitrogens with zero attached hydrogens (tertiary/aromatic N) is 4. The van der Waals surface area contributed by atoms with Crippen LogP contribution < -0.4 is 0 Å². The van der Waals surface area contributed by atoms with Gasteiger partial charge in [-0.3, -0.25) is 9.78 Å². The maximum absolute atomic E-state index is 12.6. The summed E-state index contributed by atoms with van der Waals surface area (Å²) in [6.45, 7) is 3.84. The van der Waals surface area contributed by atoms with Crippen molar-refractivity contribution in [3.05, 3.63) is 36.4 Å². The van der Waals surface area contributed by atoms with E-state index in [9.17, 15) is 4.79 Å². The summed E-state index contributed by atoms with van der Waals surface area (Å²) in [6, 6.07) is 4.42. The molecule has 0 bridgehead atoms. The number of amides is 1. The molecule has 0 N–H and O–H groups in total. The summed E-state index contributed by atoms with van der Waals surface area (Å²) >= 11 is 0. The molecule has 2 aromatic rings. The number of aryl methyl sites for hydroxylation is 1. The van der Waals surface area contributed by atoms with Gasteiger partial charge in [-0.1, -0.05) is 12.8 Å². The second-order valence-corrected chi connectivity index (χ2v) is 7.37. The van der Waals surface area contributed by atoms with Crippen molar-refractivity contribution in [3.8, 4) is 11.4 Å². The first-order valence-electron chi connectivity index (χ1n) is 9.47. The lowest BCUT2D eigenvalue weighted by Crippen LogP contribution is -2.41. The van der Waals surface area contributed by atoms with Gasteiger partial charge in [0.25, 0.3) is 0 Å². The van der Waals surface area contributed by atoms with Crippen LogP contribution in [-0.2, 0) is 4.79 Å². The molecule has 1 amide bonds. The van der Waals surface area contributed by atoms with Gasteiger partial charge in [-0.15, -0.1) is 0 Å². The Balaban J connectivity index is 1.48. The number of rotatable bonds is 3. The molecule has 132 valence electrons. The van der Waals surface area contributed by atoms with E-state index in [1.165, 1.54) is 18.5 Å². The van der Waals surface area contributed by atoms with Crippen molar-refractivity contribution < 1.29 is 4.79 Å². The Morgan fingerprint density at radius 2 is 1.88 bits per heavy atom. The summed E-state index contributed by atoms with van der Waals surface area (Å²) in [6.07, 6.45) is 12.2. The quantitative estimate of drug-likeness (QED) is 0.859. The minimum atomic E-state index is 0.289. The molecule has 0 atom stereocenters. The van der Waals surface area contributed by atoms with Gasteiger partial charge in [0, 0.05) is 54.9 Å². The molecule has 2 aliphatic rings. The Morgan fingerprint density at radius 1 is 1.12 bits per heavy atom. The van der Waals surface area contributed by atoms with E-state index in [1.54, 1.807) is 6.20 Å². The molecule has 0 radical (unpaired) electrons. The number of carbonyl (C=O) groups is 1. The van der Waals surface area contributed by atoms with Crippen molar-refractivity contribution in [2.24, 2.45) is 5.92 Å². The summed E-state index contributed by atoms with van der Waals surface area (Å²) < 4.78 is 2.34. The standard InChI is InChI=1S/C20H26N4O/c1-15-13-22-19(17-7-4-10-21-14-17)24(15)18-8-11-23(12-9-18)20(25)16-5-2-3-6-16/h4,7,10,13-14,16,18H,2-3,5-6,8-9,11-12H2,1H3. The molecule has 5 nitrogen and oxygen atoms in total. The Morgan fingerprint density at radius 3 is 2.56 bits per heavy atom. The SMILES string of the molecule is Cc1cnc(-c2cccnc2)n1C1CCN(C(=O)C2CCCC2)CC1. The van der Waals surface area contributed by atoms with E-state index >= 15 is 0 Å². The zero-order valence-corrected chi connectivity index (χ0v) is 14.9. The Hall–Kier alpha value is -2.17. The molecule has 2 aromatic heterocycles. The molecule has 0 aromatic carbocycles. The normalized spacial score (nSPS) is 19.5. The molecular weight excluding hydrogens is 312 g/mol. The fraction of sp³-hybridized carbons (Fsp3) is 0.550. The van der Waals surface area contributed by atoms with E-state index in [0.717, 1.165) is 50.2 Å². The highest BCUT2D eigenvalue weighted by atomic mass is 16.2. The van der Waals surface area contributed by atoms with Crippen molar-refractivity contribution in [3.63, 3.8) is 0 Å². The lowest BCUT2D eigenvalue weighted by molar-refractivity contribution is -0.136. The van der Waals surface area contributed by atoms with Crippen molar-refractivity contribution in [2.45, 2.75) is 51.5 Å². The van der Waals surface area contributed by atoms with Gasteiger partial charge in [0.15, 0.2) is 0 Å². The molecule has 0 spiro atoms. The second-order valence-electron chi connectivity index (χ2n) is 7.37. The number of hydrogen-bond acceptors (Lipinski definition) is 3. The Kier molecular flexibility index (Phi) is 4.55. The average Bonchev–Trinajstić information content (AvgIpc) is 3.32. The average molecular weight is 338 g/mol. The highest BCUT2D eigenvalue weighted by molar-refractivity contribution is 5.79. The van der Waals surface area contributed by atoms with Crippen molar-refractivity contribution in [1.29, 1.82) is 0 Å². The number of imidazole rings is 1. The van der Waals surface area contributed by atoms with Crippen LogP contribution >= 0.6 is 0 Å². The minimum absolute atomic E-state index is 0.289. The summed E-state index contributed by atoms with van der Waals surface area (Å²) in [5, 5.41) is 0. The molecule has 1 saturated heterocycles. The van der Waals surface area contributed by atoms with E-state index in [-0.39, 0.29) is 5.92 Å². The van der Waals surface area contributed by atoms with Gasteiger partial charge < -0.3 is 9.47 Å². The van der Waals surface area contributed by atoms with Crippen LogP contribution in [0.4, 0.5) is 0 Å². The molecular formula is C20H26N4O. The van der Waals surface area contributed by atoms with Gasteiger partial charge >= 0.3 is 0 Å². The van der Waals surface area contributed by atoms with Crippen LogP contribution in [0.2, 0.25) is 0 Å². The van der Waals surface area contributed by atoms with Gasteiger partial charge in [-0.2, -0.15) is 0 Å². The van der Waals surface area contributed by atoms with Gasteiger partial charge in [0.1, 0.15) is 5.82 Å². The molecule has 0 unspecified atom stereocenters. The highest BCUT2D eigenvalue weighted by Gasteiger charge is 2.31. The molecule has 5 heteroatoms. The number of hydrogen-bond donors (Lipinski definition) is 0. The molecule has 1 saturated carbocycles. The number of carbonyl (C=O) groups excluding carboxylic acids is 1. The third-order valence-electron chi connectivity index (χ3n) is 5.75. The maximum atomic E-state index is 12.6. The van der Waals surface area contributed by atoms with Crippen LogP contribution in [0.25, 0.3) is 11.4 Å². The first kappa shape index (κ1) is 16.3. The Bertz CT molecular complexity index is 725. The fourth-order valence-corrected chi connectivity index (χ4v) is 4.39. The zero-order chi connectivity index (χ0) is 17.2. The second kappa shape index (κ2) is 6.98. The van der Waals surface area contributed by atoms with Gasteiger partial charge in [0.05, 0.1) is 0 Å². The number of likely N-dealkylation sites (tertiary alicyclic amines) is 1. The fourth-order valence-electron chi connectivity index (χ4n) is 4.39. The van der Waals surface area contributed by atoms with Crippen molar-refractivity contribution in [2.75, 3.05) is 13.1 Å². The third-order valence-corrected chi connectivity index (χ3v) is 5.75. The van der Waals surface area contributed by atoms with Gasteiger partial charge in [-0.25, -0.2) is 4.98 Å². The Labute approximate surface area is 149 Å². The predicted molar refractivity (Wildman–Crippen MR) is 97.0 cm³/mol. The lowest BCUT2D eigenvalue weighted by Gasteiger charge is -2.35. The molecule has 1 aliphatic carbocycles. The van der Waals surface area contributed by atoms with E-state index in [1.807, 2.05) is 18.5 Å². The smallest absolute Gasteiger partial charge is 0.225 e. The van der Waals surface area contributed by atoms with Crippen LogP contribution in [0.3, 0.4) is 0 Å². The topological polar surface area (TPSA) is 51.0 Å². The summed E-state index contributed by atoms with van der Waals surface area (Å²) in [5.41, 5.74) is 2.24. The maximum Gasteiger partial charge on any atom is 0.225 e. The van der Waals surface area contributed by atoms with E-state index in [4.69, 9.17) is 0 Å². The number of piperidine rings is 1. The van der Waals surface area contributed by atoms with E-state index in [2.05, 4.69) is 32.4 Å². The van der Waals surface area contributed by atoms with Crippen LogP contribution in [0.1, 0.15) is 50.3 Å². The lowest BCUT2D eigenvalue weighted by atomic mass is 10.0.